The van der Waals surface area contributed by atoms with Crippen LogP contribution in [0.5, 0.6) is 5.75 Å². The fourth-order valence-electron chi connectivity index (χ4n) is 2.24. The van der Waals surface area contributed by atoms with E-state index in [2.05, 4.69) is 6.58 Å². The SMILES string of the molecule is C=CCOC(=O)[C@H](Cc1ccccc1)Oc1cccc(CC=O)c1. The Labute approximate surface area is 141 Å². The van der Waals surface area contributed by atoms with E-state index in [1.807, 2.05) is 36.4 Å². The van der Waals surface area contributed by atoms with Gasteiger partial charge in [-0.1, -0.05) is 55.1 Å². The summed E-state index contributed by atoms with van der Waals surface area (Å²) in [4.78, 5) is 22.9. The zero-order valence-corrected chi connectivity index (χ0v) is 13.4. The third kappa shape index (κ3) is 5.39. The van der Waals surface area contributed by atoms with E-state index in [0.717, 1.165) is 17.4 Å². The molecule has 0 radical (unpaired) electrons. The van der Waals surface area contributed by atoms with Crippen molar-refractivity contribution in [3.63, 3.8) is 0 Å². The highest BCUT2D eigenvalue weighted by Gasteiger charge is 2.22. The molecule has 0 aliphatic carbocycles. The Morgan fingerprint density at radius 2 is 1.83 bits per heavy atom. The molecule has 0 spiro atoms. The summed E-state index contributed by atoms with van der Waals surface area (Å²) in [6, 6.07) is 16.7. The first-order valence-corrected chi connectivity index (χ1v) is 7.73. The molecule has 0 heterocycles. The minimum Gasteiger partial charge on any atom is -0.478 e. The molecule has 0 amide bonds. The molecule has 0 saturated heterocycles. The van der Waals surface area contributed by atoms with Crippen molar-refractivity contribution in [1.82, 2.24) is 0 Å². The molecule has 2 aromatic rings. The predicted molar refractivity (Wildman–Crippen MR) is 91.9 cm³/mol. The van der Waals surface area contributed by atoms with E-state index >= 15 is 0 Å². The molecule has 0 aliphatic rings. The van der Waals surface area contributed by atoms with Crippen molar-refractivity contribution in [3.8, 4) is 5.75 Å². The minimum atomic E-state index is -0.765. The average molecular weight is 324 g/mol. The lowest BCUT2D eigenvalue weighted by molar-refractivity contribution is -0.150. The summed E-state index contributed by atoms with van der Waals surface area (Å²) in [6.45, 7) is 3.68. The maximum absolute atomic E-state index is 12.3. The molecule has 24 heavy (non-hydrogen) atoms. The Kier molecular flexibility index (Phi) is 6.77. The minimum absolute atomic E-state index is 0.138. The summed E-state index contributed by atoms with van der Waals surface area (Å²) < 4.78 is 11.0. The van der Waals surface area contributed by atoms with Gasteiger partial charge in [0.1, 0.15) is 18.6 Å². The first-order chi connectivity index (χ1) is 11.7. The van der Waals surface area contributed by atoms with E-state index in [4.69, 9.17) is 9.47 Å². The first-order valence-electron chi connectivity index (χ1n) is 7.73. The van der Waals surface area contributed by atoms with Crippen LogP contribution in [-0.4, -0.2) is 25.0 Å². The Bertz CT molecular complexity index is 679. The molecule has 2 aromatic carbocycles. The van der Waals surface area contributed by atoms with E-state index in [-0.39, 0.29) is 6.61 Å². The molecule has 0 N–H and O–H groups in total. The maximum Gasteiger partial charge on any atom is 0.347 e. The van der Waals surface area contributed by atoms with Crippen LogP contribution in [0.25, 0.3) is 0 Å². The van der Waals surface area contributed by atoms with Crippen LogP contribution in [0.3, 0.4) is 0 Å². The number of rotatable bonds is 9. The molecule has 2 rings (SSSR count). The first kappa shape index (κ1) is 17.5. The van der Waals surface area contributed by atoms with E-state index in [9.17, 15) is 9.59 Å². The van der Waals surface area contributed by atoms with Crippen LogP contribution in [0.1, 0.15) is 11.1 Å². The lowest BCUT2D eigenvalue weighted by Gasteiger charge is -2.18. The van der Waals surface area contributed by atoms with Crippen molar-refractivity contribution in [2.75, 3.05) is 6.61 Å². The number of hydrogen-bond acceptors (Lipinski definition) is 4. The third-order valence-electron chi connectivity index (χ3n) is 3.37. The van der Waals surface area contributed by atoms with E-state index in [1.165, 1.54) is 6.08 Å². The van der Waals surface area contributed by atoms with Gasteiger partial charge in [0.25, 0.3) is 0 Å². The zero-order chi connectivity index (χ0) is 17.2. The lowest BCUT2D eigenvalue weighted by Crippen LogP contribution is -2.31. The van der Waals surface area contributed by atoms with Crippen molar-refractivity contribution in [2.45, 2.75) is 18.9 Å². The molecule has 4 heteroatoms. The van der Waals surface area contributed by atoms with Gasteiger partial charge < -0.3 is 14.3 Å². The van der Waals surface area contributed by atoms with Crippen LogP contribution in [0, 0.1) is 0 Å². The van der Waals surface area contributed by atoms with Crippen molar-refractivity contribution in [1.29, 1.82) is 0 Å². The van der Waals surface area contributed by atoms with Crippen LogP contribution in [0.4, 0.5) is 0 Å². The van der Waals surface area contributed by atoms with Gasteiger partial charge in [0, 0.05) is 12.8 Å². The summed E-state index contributed by atoms with van der Waals surface area (Å²) in [5, 5.41) is 0. The van der Waals surface area contributed by atoms with Crippen LogP contribution in [0.15, 0.2) is 67.3 Å². The van der Waals surface area contributed by atoms with Gasteiger partial charge in [-0.15, -0.1) is 0 Å². The zero-order valence-electron chi connectivity index (χ0n) is 13.4. The van der Waals surface area contributed by atoms with Gasteiger partial charge in [0.15, 0.2) is 6.10 Å². The van der Waals surface area contributed by atoms with Gasteiger partial charge in [-0.3, -0.25) is 0 Å². The van der Waals surface area contributed by atoms with E-state index < -0.39 is 12.1 Å². The fourth-order valence-corrected chi connectivity index (χ4v) is 2.24. The molecule has 0 aromatic heterocycles. The highest BCUT2D eigenvalue weighted by atomic mass is 16.6. The monoisotopic (exact) mass is 324 g/mol. The van der Waals surface area contributed by atoms with Crippen LogP contribution in [0.2, 0.25) is 0 Å². The van der Waals surface area contributed by atoms with Gasteiger partial charge in [-0.25, -0.2) is 4.79 Å². The van der Waals surface area contributed by atoms with Crippen molar-refractivity contribution < 1.29 is 19.1 Å². The fraction of sp³-hybridized carbons (Fsp3) is 0.200. The number of aldehydes is 1. The van der Waals surface area contributed by atoms with E-state index in [0.29, 0.717) is 18.6 Å². The second-order valence-electron chi connectivity index (χ2n) is 5.23. The lowest BCUT2D eigenvalue weighted by atomic mass is 10.1. The molecular weight excluding hydrogens is 304 g/mol. The molecule has 0 bridgehead atoms. The second-order valence-corrected chi connectivity index (χ2v) is 5.23. The molecule has 0 saturated carbocycles. The summed E-state index contributed by atoms with van der Waals surface area (Å²) >= 11 is 0. The standard InChI is InChI=1S/C20H20O4/c1-2-13-23-20(22)19(15-16-7-4-3-5-8-16)24-18-10-6-9-17(14-18)11-12-21/h2-10,12,14,19H,1,11,13,15H2/t19-/m0/s1. The molecule has 0 unspecified atom stereocenters. The van der Waals surface area contributed by atoms with Gasteiger partial charge in [0.2, 0.25) is 0 Å². The molecule has 1 atom stereocenters. The van der Waals surface area contributed by atoms with Crippen molar-refractivity contribution in [3.05, 3.63) is 78.4 Å². The highest BCUT2D eigenvalue weighted by Crippen LogP contribution is 2.18. The maximum atomic E-state index is 12.3. The molecule has 0 aliphatic heterocycles. The largest absolute Gasteiger partial charge is 0.478 e. The third-order valence-corrected chi connectivity index (χ3v) is 3.37. The Hall–Kier alpha value is -2.88. The molecule has 124 valence electrons. The smallest absolute Gasteiger partial charge is 0.347 e. The van der Waals surface area contributed by atoms with Gasteiger partial charge in [0.05, 0.1) is 0 Å². The predicted octanol–water partition coefficient (Wildman–Crippen LogP) is 3.15. The highest BCUT2D eigenvalue weighted by molar-refractivity contribution is 5.75. The number of esters is 1. The summed E-state index contributed by atoms with van der Waals surface area (Å²) in [5.74, 6) is 0.0883. The van der Waals surface area contributed by atoms with Gasteiger partial charge >= 0.3 is 5.97 Å². The second kappa shape index (κ2) is 9.30. The van der Waals surface area contributed by atoms with Gasteiger partial charge in [-0.05, 0) is 23.3 Å². The summed E-state index contributed by atoms with van der Waals surface area (Å²) in [6.07, 6.45) is 2.29. The number of hydrogen-bond donors (Lipinski definition) is 0. The Balaban J connectivity index is 2.15. The quantitative estimate of drug-likeness (QED) is 0.404. The normalized spacial score (nSPS) is 11.3. The van der Waals surface area contributed by atoms with Crippen LogP contribution >= 0.6 is 0 Å². The van der Waals surface area contributed by atoms with E-state index in [1.54, 1.807) is 18.2 Å². The van der Waals surface area contributed by atoms with Crippen LogP contribution in [-0.2, 0) is 27.2 Å². The summed E-state index contributed by atoms with van der Waals surface area (Å²) in [5.41, 5.74) is 1.81. The topological polar surface area (TPSA) is 52.6 Å². The molecule has 0 fully saturated rings. The number of carbonyl (C=O) groups excluding carboxylic acids is 2. The van der Waals surface area contributed by atoms with Crippen molar-refractivity contribution in [2.24, 2.45) is 0 Å². The summed E-state index contributed by atoms with van der Waals surface area (Å²) in [7, 11) is 0. The van der Waals surface area contributed by atoms with Crippen molar-refractivity contribution >= 4 is 12.3 Å². The number of carbonyl (C=O) groups is 2. The Morgan fingerprint density at radius 3 is 2.54 bits per heavy atom. The van der Waals surface area contributed by atoms with Gasteiger partial charge in [-0.2, -0.15) is 0 Å². The number of ether oxygens (including phenoxy) is 2. The molecular formula is C20H20O4. The molecule has 4 nitrogen and oxygen atoms in total. The number of benzene rings is 2. The van der Waals surface area contributed by atoms with Crippen LogP contribution < -0.4 is 4.74 Å². The average Bonchev–Trinajstić information content (AvgIpc) is 2.60. The Morgan fingerprint density at radius 1 is 1.08 bits per heavy atom.